The molecule has 2 N–H and O–H groups in total. The summed E-state index contributed by atoms with van der Waals surface area (Å²) in [6, 6.07) is 4.18. The third kappa shape index (κ3) is 5.19. The van der Waals surface area contributed by atoms with E-state index in [0.717, 1.165) is 64.6 Å². The molecule has 1 amide bonds. The van der Waals surface area contributed by atoms with Gasteiger partial charge in [0.05, 0.1) is 6.54 Å². The number of amides is 1. The molecule has 0 unspecified atom stereocenters. The van der Waals surface area contributed by atoms with Crippen LogP contribution in [0.25, 0.3) is 0 Å². The largest absolute Gasteiger partial charge is 0.355 e. The van der Waals surface area contributed by atoms with Gasteiger partial charge in [-0.05, 0) is 24.3 Å². The minimum Gasteiger partial charge on any atom is -0.355 e. The van der Waals surface area contributed by atoms with Crippen molar-refractivity contribution in [1.82, 2.24) is 20.4 Å². The number of hydrogen-bond acceptors (Lipinski definition) is 4. The van der Waals surface area contributed by atoms with Crippen LogP contribution in [0.4, 0.5) is 0 Å². The van der Waals surface area contributed by atoms with Gasteiger partial charge in [0.2, 0.25) is 5.91 Å². The van der Waals surface area contributed by atoms with Crippen LogP contribution in [0.3, 0.4) is 0 Å². The van der Waals surface area contributed by atoms with Crippen molar-refractivity contribution in [2.45, 2.75) is 25.8 Å². The summed E-state index contributed by atoms with van der Waals surface area (Å²) in [4.78, 5) is 22.3. The number of piperazine rings is 1. The first-order valence-corrected chi connectivity index (χ1v) is 10.1. The Morgan fingerprint density at radius 3 is 2.68 bits per heavy atom. The molecule has 1 aliphatic heterocycles. The molecule has 7 heteroatoms. The summed E-state index contributed by atoms with van der Waals surface area (Å²) in [5, 5.41) is 8.79. The zero-order chi connectivity index (χ0) is 17.5. The summed E-state index contributed by atoms with van der Waals surface area (Å²) in [6.45, 7) is 6.34. The van der Waals surface area contributed by atoms with Crippen LogP contribution in [0.1, 0.15) is 24.1 Å². The number of carbonyl (C=O) groups excluding carboxylic acids is 1. The van der Waals surface area contributed by atoms with Gasteiger partial charge < -0.3 is 15.5 Å². The fraction of sp³-hybridized carbons (Fsp3) is 0.667. The normalized spacial score (nSPS) is 19.6. The summed E-state index contributed by atoms with van der Waals surface area (Å²) < 4.78 is 0. The number of aliphatic imine (C=N–C) groups is 1. The average molecular weight is 364 g/mol. The van der Waals surface area contributed by atoms with Crippen LogP contribution >= 0.6 is 11.3 Å². The van der Waals surface area contributed by atoms with Crippen molar-refractivity contribution in [1.29, 1.82) is 0 Å². The van der Waals surface area contributed by atoms with Crippen molar-refractivity contribution >= 4 is 23.2 Å². The van der Waals surface area contributed by atoms with Gasteiger partial charge in [0.25, 0.3) is 0 Å². The Bertz CT molecular complexity index is 562. The summed E-state index contributed by atoms with van der Waals surface area (Å²) >= 11 is 1.75. The fourth-order valence-corrected chi connectivity index (χ4v) is 3.89. The number of carbonyl (C=O) groups is 1. The van der Waals surface area contributed by atoms with E-state index in [0.29, 0.717) is 11.8 Å². The second kappa shape index (κ2) is 9.20. The third-order valence-corrected chi connectivity index (χ3v) is 5.97. The Hall–Kier alpha value is -1.60. The van der Waals surface area contributed by atoms with Crippen LogP contribution in [0.15, 0.2) is 22.5 Å². The molecule has 25 heavy (non-hydrogen) atoms. The summed E-state index contributed by atoms with van der Waals surface area (Å²) in [7, 11) is 1.80. The van der Waals surface area contributed by atoms with E-state index in [9.17, 15) is 4.79 Å². The molecule has 1 aromatic heterocycles. The van der Waals surface area contributed by atoms with Gasteiger partial charge in [0, 0.05) is 57.1 Å². The minimum absolute atomic E-state index is 0.325. The van der Waals surface area contributed by atoms with E-state index in [-0.39, 0.29) is 0 Å². The zero-order valence-corrected chi connectivity index (χ0v) is 15.9. The van der Waals surface area contributed by atoms with Gasteiger partial charge in [-0.15, -0.1) is 11.3 Å². The van der Waals surface area contributed by atoms with Gasteiger partial charge in [-0.25, -0.2) is 0 Å². The molecule has 1 aliphatic carbocycles. The van der Waals surface area contributed by atoms with E-state index in [1.165, 1.54) is 11.3 Å². The maximum atomic E-state index is 12.3. The molecule has 1 aromatic rings. The van der Waals surface area contributed by atoms with Crippen molar-refractivity contribution in [2.24, 2.45) is 10.9 Å². The lowest BCUT2D eigenvalue weighted by Gasteiger charge is -2.38. The lowest BCUT2D eigenvalue weighted by molar-refractivity contribution is -0.139. The van der Waals surface area contributed by atoms with Crippen molar-refractivity contribution < 1.29 is 4.79 Å². The number of guanidine groups is 1. The van der Waals surface area contributed by atoms with Crippen LogP contribution in [0.2, 0.25) is 0 Å². The molecule has 2 aliphatic rings. The van der Waals surface area contributed by atoms with Gasteiger partial charge in [-0.1, -0.05) is 12.5 Å². The maximum absolute atomic E-state index is 12.3. The van der Waals surface area contributed by atoms with Crippen molar-refractivity contribution in [2.75, 3.05) is 46.3 Å². The van der Waals surface area contributed by atoms with E-state index in [2.05, 4.69) is 42.9 Å². The molecule has 3 rings (SSSR count). The maximum Gasteiger partial charge on any atom is 0.225 e. The Labute approximate surface area is 154 Å². The van der Waals surface area contributed by atoms with E-state index in [1.807, 2.05) is 0 Å². The van der Waals surface area contributed by atoms with Crippen molar-refractivity contribution in [3.05, 3.63) is 22.4 Å². The number of hydrogen-bond donors (Lipinski definition) is 2. The molecular formula is C18H29N5OS. The Morgan fingerprint density at radius 2 is 2.08 bits per heavy atom. The number of nitrogens with zero attached hydrogens (tertiary/aromatic N) is 3. The Balaban J connectivity index is 1.30. The lowest BCUT2D eigenvalue weighted by Crippen LogP contribution is -2.52. The van der Waals surface area contributed by atoms with Crippen LogP contribution < -0.4 is 10.6 Å². The van der Waals surface area contributed by atoms with E-state index >= 15 is 0 Å². The number of rotatable bonds is 6. The molecule has 2 heterocycles. The first kappa shape index (κ1) is 18.2. The smallest absolute Gasteiger partial charge is 0.225 e. The van der Waals surface area contributed by atoms with Gasteiger partial charge in [-0.3, -0.25) is 14.7 Å². The summed E-state index contributed by atoms with van der Waals surface area (Å²) in [5.74, 6) is 1.56. The average Bonchev–Trinajstić information content (AvgIpc) is 3.10. The molecule has 0 atom stereocenters. The first-order valence-electron chi connectivity index (χ1n) is 9.24. The highest BCUT2D eigenvalue weighted by molar-refractivity contribution is 7.09. The molecule has 0 aromatic carbocycles. The lowest BCUT2D eigenvalue weighted by atomic mass is 9.84. The molecule has 0 radical (unpaired) electrons. The van der Waals surface area contributed by atoms with Crippen LogP contribution in [0.5, 0.6) is 0 Å². The Morgan fingerprint density at radius 1 is 1.28 bits per heavy atom. The summed E-state index contributed by atoms with van der Waals surface area (Å²) in [6.07, 6.45) is 3.42. The number of nitrogens with one attached hydrogen (secondary N) is 2. The van der Waals surface area contributed by atoms with Gasteiger partial charge >= 0.3 is 0 Å². The molecule has 0 bridgehead atoms. The first-order chi connectivity index (χ1) is 12.3. The second-order valence-corrected chi connectivity index (χ2v) is 7.76. The summed E-state index contributed by atoms with van der Waals surface area (Å²) in [5.41, 5.74) is 0. The van der Waals surface area contributed by atoms with Crippen molar-refractivity contribution in [3.63, 3.8) is 0 Å². The SMILES string of the molecule is CN=C(NCCN1CCN(C(=O)C2CCC2)CC1)NCc1cccs1. The highest BCUT2D eigenvalue weighted by atomic mass is 32.1. The molecule has 138 valence electrons. The second-order valence-electron chi connectivity index (χ2n) is 6.73. The number of thiophene rings is 1. The standard InChI is InChI=1S/C18H29N5OS/c1-19-18(21-14-16-6-3-13-25-16)20-7-8-22-9-11-23(12-10-22)17(24)15-4-2-5-15/h3,6,13,15H,2,4-5,7-12,14H2,1H3,(H2,19,20,21). The fourth-order valence-electron chi connectivity index (χ4n) is 3.24. The van der Waals surface area contributed by atoms with Gasteiger partial charge in [0.15, 0.2) is 5.96 Å². The van der Waals surface area contributed by atoms with Gasteiger partial charge in [-0.2, -0.15) is 0 Å². The van der Waals surface area contributed by atoms with E-state index in [4.69, 9.17) is 0 Å². The topological polar surface area (TPSA) is 60.0 Å². The highest BCUT2D eigenvalue weighted by Crippen LogP contribution is 2.28. The minimum atomic E-state index is 0.325. The molecule has 0 spiro atoms. The van der Waals surface area contributed by atoms with Crippen molar-refractivity contribution in [3.8, 4) is 0 Å². The molecule has 2 fully saturated rings. The molecule has 6 nitrogen and oxygen atoms in total. The van der Waals surface area contributed by atoms with Crippen LogP contribution in [-0.4, -0.2) is 68.0 Å². The predicted octanol–water partition coefficient (Wildman–Crippen LogP) is 1.36. The monoisotopic (exact) mass is 363 g/mol. The van der Waals surface area contributed by atoms with E-state index < -0.39 is 0 Å². The highest BCUT2D eigenvalue weighted by Gasteiger charge is 2.30. The van der Waals surface area contributed by atoms with Gasteiger partial charge in [0.1, 0.15) is 0 Å². The molecule has 1 saturated heterocycles. The van der Waals surface area contributed by atoms with E-state index in [1.54, 1.807) is 18.4 Å². The predicted molar refractivity (Wildman–Crippen MR) is 103 cm³/mol. The quantitative estimate of drug-likeness (QED) is 0.592. The van der Waals surface area contributed by atoms with Crippen LogP contribution in [0, 0.1) is 5.92 Å². The van der Waals surface area contributed by atoms with Crippen LogP contribution in [-0.2, 0) is 11.3 Å². The molecular weight excluding hydrogens is 334 g/mol. The third-order valence-electron chi connectivity index (χ3n) is 5.09. The zero-order valence-electron chi connectivity index (χ0n) is 15.0. The Kier molecular flexibility index (Phi) is 6.69. The molecule has 1 saturated carbocycles.